The summed E-state index contributed by atoms with van der Waals surface area (Å²) in [4.78, 5) is 24.8. The smallest absolute Gasteiger partial charge is 0.341 e. The van der Waals surface area contributed by atoms with Gasteiger partial charge in [-0.25, -0.2) is 14.8 Å². The Morgan fingerprint density at radius 1 is 1.21 bits per heavy atom. The Morgan fingerprint density at radius 3 is 2.71 bits per heavy atom. The van der Waals surface area contributed by atoms with E-state index >= 15 is 0 Å². The number of phenols is 1. The average Bonchev–Trinajstić information content (AvgIpc) is 3.17. The van der Waals surface area contributed by atoms with Gasteiger partial charge in [0.05, 0.1) is 23.3 Å². The Hall–Kier alpha value is -3.32. The number of thiazole rings is 1. The molecule has 0 saturated carbocycles. The molecule has 6 nitrogen and oxygen atoms in total. The van der Waals surface area contributed by atoms with Crippen LogP contribution in [0.3, 0.4) is 0 Å². The van der Waals surface area contributed by atoms with Crippen LogP contribution < -0.4 is 5.32 Å². The first-order valence-electron chi connectivity index (χ1n) is 8.72. The number of urea groups is 1. The van der Waals surface area contributed by atoms with Gasteiger partial charge in [0.15, 0.2) is 0 Å². The van der Waals surface area contributed by atoms with Crippen LogP contribution in [0.25, 0.3) is 11.3 Å². The highest BCUT2D eigenvalue weighted by Crippen LogP contribution is 2.38. The number of carbonyl (C=O) groups is 1. The number of carbonyl (C=O) groups excluding carboxylic acids is 1. The fraction of sp³-hybridized carbons (Fsp3) is 0.143. The van der Waals surface area contributed by atoms with Crippen molar-refractivity contribution in [1.29, 1.82) is 0 Å². The van der Waals surface area contributed by atoms with Gasteiger partial charge in [-0.3, -0.25) is 4.99 Å². The summed E-state index contributed by atoms with van der Waals surface area (Å²) in [6.45, 7) is 5.37. The molecule has 28 heavy (non-hydrogen) atoms. The number of amides is 2. The first-order valence-corrected chi connectivity index (χ1v) is 9.60. The third-order valence-electron chi connectivity index (χ3n) is 4.70. The van der Waals surface area contributed by atoms with Crippen LogP contribution in [-0.2, 0) is 0 Å². The molecule has 2 aromatic carbocycles. The third kappa shape index (κ3) is 3.44. The minimum atomic E-state index is -0.383. The molecule has 2 atom stereocenters. The minimum Gasteiger partial charge on any atom is -0.508 e. The van der Waals surface area contributed by atoms with Crippen LogP contribution in [0.2, 0.25) is 0 Å². The minimum absolute atomic E-state index is 0.154. The van der Waals surface area contributed by atoms with Crippen molar-refractivity contribution in [3.8, 4) is 17.0 Å². The molecule has 0 radical (unpaired) electrons. The normalized spacial score (nSPS) is 19.0. The Labute approximate surface area is 166 Å². The van der Waals surface area contributed by atoms with Gasteiger partial charge in [-0.05, 0) is 43.5 Å². The summed E-state index contributed by atoms with van der Waals surface area (Å²) >= 11 is 1.53. The van der Waals surface area contributed by atoms with Crippen molar-refractivity contribution in [2.75, 3.05) is 0 Å². The molecule has 2 N–H and O–H groups in total. The van der Waals surface area contributed by atoms with E-state index in [1.54, 1.807) is 18.2 Å². The average molecular weight is 390 g/mol. The molecule has 0 fully saturated rings. The first-order chi connectivity index (χ1) is 13.5. The Bertz CT molecular complexity index is 1070. The van der Waals surface area contributed by atoms with Crippen molar-refractivity contribution in [3.05, 3.63) is 64.5 Å². The predicted octanol–water partition coefficient (Wildman–Crippen LogP) is 4.86. The second-order valence-corrected chi connectivity index (χ2v) is 7.42. The number of nitrogens with one attached hydrogen (secondary N) is 1. The lowest BCUT2D eigenvalue weighted by atomic mass is 9.88. The van der Waals surface area contributed by atoms with Crippen LogP contribution in [-0.4, -0.2) is 28.6 Å². The number of phenolic OH excluding ortho intramolecular Hbond substituents is 1. The predicted molar refractivity (Wildman–Crippen MR) is 112 cm³/mol. The van der Waals surface area contributed by atoms with Crippen LogP contribution in [0.5, 0.6) is 5.75 Å². The molecular formula is C21H18N4O2S. The number of rotatable bonds is 4. The van der Waals surface area contributed by atoms with E-state index in [2.05, 4.69) is 22.0 Å². The van der Waals surface area contributed by atoms with Crippen molar-refractivity contribution in [3.63, 3.8) is 0 Å². The lowest BCUT2D eigenvalue weighted by Crippen LogP contribution is -2.38. The summed E-state index contributed by atoms with van der Waals surface area (Å²) in [6.07, 6.45) is 0. The van der Waals surface area contributed by atoms with Crippen LogP contribution in [0.4, 0.5) is 10.5 Å². The zero-order chi connectivity index (χ0) is 19.7. The highest BCUT2D eigenvalue weighted by molar-refractivity contribution is 7.10. The van der Waals surface area contributed by atoms with Gasteiger partial charge in [-0.2, -0.15) is 0 Å². The van der Waals surface area contributed by atoms with Crippen molar-refractivity contribution in [2.45, 2.75) is 18.9 Å². The number of hydrogen-bond donors (Lipinski definition) is 2. The second-order valence-electron chi connectivity index (χ2n) is 6.53. The standard InChI is InChI=1S/C21H18N4O2S/c1-12-18(19(25-21(27)23-12)14-4-3-5-16(26)10-14)20-24-17(11-28-20)13-6-8-15(22-2)9-7-13/h3-11,18-19,26H,2H2,1H3,(H,25,27). The molecule has 0 spiro atoms. The van der Waals surface area contributed by atoms with E-state index in [9.17, 15) is 9.90 Å². The molecule has 1 aliphatic heterocycles. The monoisotopic (exact) mass is 390 g/mol. The van der Waals surface area contributed by atoms with E-state index in [0.717, 1.165) is 27.5 Å². The van der Waals surface area contributed by atoms with Gasteiger partial charge in [0.25, 0.3) is 0 Å². The summed E-state index contributed by atoms with van der Waals surface area (Å²) in [5.74, 6) is -0.0474. The van der Waals surface area contributed by atoms with Crippen molar-refractivity contribution >= 4 is 35.5 Å². The van der Waals surface area contributed by atoms with E-state index in [4.69, 9.17) is 4.98 Å². The van der Waals surface area contributed by atoms with Crippen LogP contribution in [0.1, 0.15) is 29.5 Å². The Morgan fingerprint density at radius 2 is 2.00 bits per heavy atom. The maximum atomic E-state index is 12.0. The van der Waals surface area contributed by atoms with E-state index in [-0.39, 0.29) is 23.7 Å². The molecular weight excluding hydrogens is 372 g/mol. The molecule has 7 heteroatoms. The number of aromatic nitrogens is 1. The maximum absolute atomic E-state index is 12.0. The van der Waals surface area contributed by atoms with Gasteiger partial charge >= 0.3 is 6.03 Å². The molecule has 140 valence electrons. The summed E-state index contributed by atoms with van der Waals surface area (Å²) in [5.41, 5.74) is 4.16. The third-order valence-corrected chi connectivity index (χ3v) is 5.63. The van der Waals surface area contributed by atoms with Gasteiger partial charge < -0.3 is 10.4 Å². The van der Waals surface area contributed by atoms with Gasteiger partial charge in [-0.15, -0.1) is 11.3 Å². The lowest BCUT2D eigenvalue weighted by molar-refractivity contribution is 0.243. The topological polar surface area (TPSA) is 86.9 Å². The lowest BCUT2D eigenvalue weighted by Gasteiger charge is -2.30. The molecule has 1 aliphatic rings. The summed E-state index contributed by atoms with van der Waals surface area (Å²) in [7, 11) is 0. The largest absolute Gasteiger partial charge is 0.508 e. The first kappa shape index (κ1) is 18.1. The number of benzene rings is 2. The molecule has 2 amide bonds. The van der Waals surface area contributed by atoms with Gasteiger partial charge in [0.1, 0.15) is 10.8 Å². The fourth-order valence-electron chi connectivity index (χ4n) is 3.34. The van der Waals surface area contributed by atoms with E-state index in [1.165, 1.54) is 11.3 Å². The van der Waals surface area contributed by atoms with E-state index < -0.39 is 0 Å². The molecule has 0 aliphatic carbocycles. The van der Waals surface area contributed by atoms with Crippen LogP contribution in [0.15, 0.2) is 63.9 Å². The van der Waals surface area contributed by atoms with E-state index in [1.807, 2.05) is 42.6 Å². The number of aromatic hydroxyl groups is 1. The summed E-state index contributed by atoms with van der Waals surface area (Å²) in [5, 5.41) is 15.6. The molecule has 0 bridgehead atoms. The number of aliphatic imine (C=N–C) groups is 2. The van der Waals surface area contributed by atoms with Gasteiger partial charge in [0, 0.05) is 16.7 Å². The molecule has 0 saturated heterocycles. The Kier molecular flexibility index (Phi) is 4.75. The van der Waals surface area contributed by atoms with Gasteiger partial charge in [0.2, 0.25) is 0 Å². The maximum Gasteiger partial charge on any atom is 0.341 e. The summed E-state index contributed by atoms with van der Waals surface area (Å²) in [6, 6.07) is 13.9. The van der Waals surface area contributed by atoms with Crippen molar-refractivity contribution in [1.82, 2.24) is 10.3 Å². The number of nitrogens with zero attached hydrogens (tertiary/aromatic N) is 3. The highest BCUT2D eigenvalue weighted by atomic mass is 32.1. The zero-order valence-corrected chi connectivity index (χ0v) is 16.0. The zero-order valence-electron chi connectivity index (χ0n) is 15.2. The molecule has 3 aromatic rings. The summed E-state index contributed by atoms with van der Waals surface area (Å²) < 4.78 is 0. The number of hydrogen-bond acceptors (Lipinski definition) is 5. The van der Waals surface area contributed by atoms with Crippen molar-refractivity contribution in [2.24, 2.45) is 9.98 Å². The van der Waals surface area contributed by atoms with Crippen LogP contribution >= 0.6 is 11.3 Å². The SMILES string of the molecule is C=Nc1ccc(-c2csc(C3C(C)=NC(=O)NC3c3cccc(O)c3)n2)cc1. The molecule has 1 aromatic heterocycles. The second kappa shape index (κ2) is 7.36. The Balaban J connectivity index is 1.72. The van der Waals surface area contributed by atoms with Crippen LogP contribution in [0, 0.1) is 0 Å². The van der Waals surface area contributed by atoms with Gasteiger partial charge in [-0.1, -0.05) is 24.3 Å². The highest BCUT2D eigenvalue weighted by Gasteiger charge is 2.35. The molecule has 2 unspecified atom stereocenters. The molecule has 4 rings (SSSR count). The quantitative estimate of drug-likeness (QED) is 0.624. The van der Waals surface area contributed by atoms with Crippen molar-refractivity contribution < 1.29 is 9.90 Å². The molecule has 2 heterocycles. The van der Waals surface area contributed by atoms with E-state index in [0.29, 0.717) is 5.71 Å². The fourth-order valence-corrected chi connectivity index (χ4v) is 4.36.